The summed E-state index contributed by atoms with van der Waals surface area (Å²) < 4.78 is -0.206. The second-order valence-corrected chi connectivity index (χ2v) is 5.18. The summed E-state index contributed by atoms with van der Waals surface area (Å²) in [7, 11) is 0. The molecule has 0 saturated carbocycles. The lowest BCUT2D eigenvalue weighted by Gasteiger charge is -2.29. The highest BCUT2D eigenvalue weighted by atomic mass is 32.1. The van der Waals surface area contributed by atoms with E-state index in [1.54, 1.807) is 0 Å². The van der Waals surface area contributed by atoms with Gasteiger partial charge < -0.3 is 10.8 Å². The average molecular weight is 233 g/mol. The highest BCUT2D eigenvalue weighted by molar-refractivity contribution is 7.81. The molecule has 0 spiro atoms. The highest BCUT2D eigenvalue weighted by Crippen LogP contribution is 2.32. The molecule has 2 atom stereocenters. The highest BCUT2D eigenvalue weighted by Gasteiger charge is 2.29. The van der Waals surface area contributed by atoms with E-state index in [4.69, 9.17) is 10.8 Å². The van der Waals surface area contributed by atoms with E-state index in [9.17, 15) is 4.79 Å². The molecule has 0 heterocycles. The number of hydrogen-bond acceptors (Lipinski definition) is 3. The molecule has 0 aliphatic rings. The van der Waals surface area contributed by atoms with Gasteiger partial charge in [-0.3, -0.25) is 4.79 Å². The van der Waals surface area contributed by atoms with Gasteiger partial charge >= 0.3 is 5.97 Å². The van der Waals surface area contributed by atoms with E-state index < -0.39 is 12.0 Å². The molecule has 2 unspecified atom stereocenters. The van der Waals surface area contributed by atoms with Crippen molar-refractivity contribution in [2.24, 2.45) is 5.73 Å². The summed E-state index contributed by atoms with van der Waals surface area (Å²) in [5, 5.41) is 8.78. The molecule has 90 valence electrons. The van der Waals surface area contributed by atoms with Gasteiger partial charge in [0.25, 0.3) is 0 Å². The van der Waals surface area contributed by atoms with Crippen molar-refractivity contribution in [1.29, 1.82) is 0 Å². The number of rotatable bonds is 8. The molecule has 4 heteroatoms. The minimum atomic E-state index is -0.930. The van der Waals surface area contributed by atoms with Crippen LogP contribution in [0.1, 0.15) is 52.4 Å². The van der Waals surface area contributed by atoms with Gasteiger partial charge in [-0.25, -0.2) is 0 Å². The maximum absolute atomic E-state index is 10.7. The van der Waals surface area contributed by atoms with Crippen LogP contribution in [0.15, 0.2) is 0 Å². The fraction of sp³-hybridized carbons (Fsp3) is 0.909. The van der Waals surface area contributed by atoms with Gasteiger partial charge in [-0.15, -0.1) is 0 Å². The van der Waals surface area contributed by atoms with Gasteiger partial charge in [-0.05, 0) is 19.3 Å². The van der Waals surface area contributed by atoms with E-state index in [0.29, 0.717) is 6.42 Å². The van der Waals surface area contributed by atoms with Gasteiger partial charge in [0, 0.05) is 4.75 Å². The van der Waals surface area contributed by atoms with E-state index in [-0.39, 0.29) is 4.75 Å². The standard InChI is InChI=1S/C11H23NO2S/c1-3-5-7-11(15,6-4-2)8-9(12)10(13)14/h9,15H,3-8,12H2,1-2H3,(H,13,14). The van der Waals surface area contributed by atoms with Crippen LogP contribution in [0, 0.1) is 0 Å². The fourth-order valence-corrected chi connectivity index (χ4v) is 2.38. The molecule has 0 saturated heterocycles. The Hall–Kier alpha value is -0.220. The quantitative estimate of drug-likeness (QED) is 0.564. The Morgan fingerprint density at radius 2 is 2.00 bits per heavy atom. The third kappa shape index (κ3) is 6.05. The van der Waals surface area contributed by atoms with Crippen LogP contribution in [-0.4, -0.2) is 21.9 Å². The van der Waals surface area contributed by atoms with Gasteiger partial charge in [0.2, 0.25) is 0 Å². The number of hydrogen-bond donors (Lipinski definition) is 3. The molecule has 0 radical (unpaired) electrons. The maximum Gasteiger partial charge on any atom is 0.320 e. The summed E-state index contributed by atoms with van der Waals surface area (Å²) in [5.41, 5.74) is 5.56. The van der Waals surface area contributed by atoms with Crippen molar-refractivity contribution in [2.75, 3.05) is 0 Å². The van der Waals surface area contributed by atoms with Crippen LogP contribution in [0.3, 0.4) is 0 Å². The van der Waals surface area contributed by atoms with E-state index in [1.807, 2.05) is 0 Å². The molecule has 0 aromatic carbocycles. The minimum absolute atomic E-state index is 0.206. The summed E-state index contributed by atoms with van der Waals surface area (Å²) in [4.78, 5) is 10.7. The molecule has 0 aliphatic heterocycles. The monoisotopic (exact) mass is 233 g/mol. The Kier molecular flexibility index (Phi) is 7.02. The number of nitrogens with two attached hydrogens (primary N) is 1. The Morgan fingerprint density at radius 3 is 2.40 bits per heavy atom. The summed E-state index contributed by atoms with van der Waals surface area (Å²) in [6, 6.07) is -0.786. The van der Waals surface area contributed by atoms with Crippen molar-refractivity contribution >= 4 is 18.6 Å². The molecule has 0 rings (SSSR count). The van der Waals surface area contributed by atoms with Gasteiger partial charge in [0.15, 0.2) is 0 Å². The van der Waals surface area contributed by atoms with Gasteiger partial charge in [0.05, 0.1) is 0 Å². The van der Waals surface area contributed by atoms with Gasteiger partial charge in [0.1, 0.15) is 6.04 Å². The number of thiol groups is 1. The number of unbranched alkanes of at least 4 members (excludes halogenated alkanes) is 1. The summed E-state index contributed by atoms with van der Waals surface area (Å²) in [5.74, 6) is -0.930. The second kappa shape index (κ2) is 7.12. The van der Waals surface area contributed by atoms with Gasteiger partial charge in [-0.2, -0.15) is 12.6 Å². The van der Waals surface area contributed by atoms with Crippen LogP contribution in [0.2, 0.25) is 0 Å². The summed E-state index contributed by atoms with van der Waals surface area (Å²) in [6.45, 7) is 4.21. The third-order valence-corrected chi connectivity index (χ3v) is 3.26. The number of aliphatic carboxylic acids is 1. The molecule has 0 aromatic heterocycles. The zero-order valence-electron chi connectivity index (χ0n) is 9.70. The molecule has 0 aliphatic carbocycles. The van der Waals surface area contributed by atoms with Crippen molar-refractivity contribution in [3.05, 3.63) is 0 Å². The normalized spacial score (nSPS) is 17.1. The van der Waals surface area contributed by atoms with Crippen molar-refractivity contribution in [2.45, 2.75) is 63.2 Å². The first kappa shape index (κ1) is 14.8. The zero-order valence-corrected chi connectivity index (χ0v) is 10.6. The van der Waals surface area contributed by atoms with Crippen molar-refractivity contribution in [3.63, 3.8) is 0 Å². The molecular formula is C11H23NO2S. The summed E-state index contributed by atoms with van der Waals surface area (Å²) >= 11 is 4.62. The summed E-state index contributed by atoms with van der Waals surface area (Å²) in [6.07, 6.45) is 5.53. The van der Waals surface area contributed by atoms with E-state index >= 15 is 0 Å². The van der Waals surface area contributed by atoms with Crippen LogP contribution < -0.4 is 5.73 Å². The number of carboxylic acids is 1. The molecular weight excluding hydrogens is 210 g/mol. The lowest BCUT2D eigenvalue weighted by atomic mass is 9.89. The van der Waals surface area contributed by atoms with Crippen LogP contribution in [0.25, 0.3) is 0 Å². The molecule has 3 N–H and O–H groups in total. The lowest BCUT2D eigenvalue weighted by molar-refractivity contribution is -0.138. The van der Waals surface area contributed by atoms with Crippen LogP contribution in [-0.2, 0) is 4.79 Å². The molecule has 0 aromatic rings. The average Bonchev–Trinajstić information content (AvgIpc) is 2.15. The zero-order chi connectivity index (χ0) is 11.9. The first-order valence-corrected chi connectivity index (χ1v) is 6.10. The number of carboxylic acid groups (broad SMARTS) is 1. The molecule has 0 bridgehead atoms. The van der Waals surface area contributed by atoms with E-state index in [1.165, 1.54) is 0 Å². The van der Waals surface area contributed by atoms with Crippen LogP contribution in [0.5, 0.6) is 0 Å². The Labute approximate surface area is 97.8 Å². The predicted octanol–water partition coefficient (Wildman–Crippen LogP) is 2.45. The predicted molar refractivity (Wildman–Crippen MR) is 66.4 cm³/mol. The topological polar surface area (TPSA) is 63.3 Å². The fourth-order valence-electron chi connectivity index (χ4n) is 1.80. The SMILES string of the molecule is CCCCC(S)(CCC)CC(N)C(=O)O. The smallest absolute Gasteiger partial charge is 0.320 e. The first-order chi connectivity index (χ1) is 6.95. The minimum Gasteiger partial charge on any atom is -0.480 e. The first-order valence-electron chi connectivity index (χ1n) is 5.66. The lowest BCUT2D eigenvalue weighted by Crippen LogP contribution is -2.38. The number of carbonyl (C=O) groups is 1. The van der Waals surface area contributed by atoms with E-state index in [2.05, 4.69) is 26.5 Å². The molecule has 15 heavy (non-hydrogen) atoms. The van der Waals surface area contributed by atoms with E-state index in [0.717, 1.165) is 32.1 Å². The van der Waals surface area contributed by atoms with Gasteiger partial charge in [-0.1, -0.05) is 33.1 Å². The molecule has 0 fully saturated rings. The Morgan fingerprint density at radius 1 is 1.40 bits per heavy atom. The van der Waals surface area contributed by atoms with Crippen LogP contribution in [0.4, 0.5) is 0 Å². The Bertz CT molecular complexity index is 199. The van der Waals surface area contributed by atoms with Crippen LogP contribution >= 0.6 is 12.6 Å². The Balaban J connectivity index is 4.28. The molecule has 0 amide bonds. The second-order valence-electron chi connectivity index (χ2n) is 4.23. The van der Waals surface area contributed by atoms with Crippen molar-refractivity contribution < 1.29 is 9.90 Å². The molecule has 3 nitrogen and oxygen atoms in total. The van der Waals surface area contributed by atoms with Crippen molar-refractivity contribution in [1.82, 2.24) is 0 Å². The third-order valence-electron chi connectivity index (χ3n) is 2.63. The van der Waals surface area contributed by atoms with Crippen molar-refractivity contribution in [3.8, 4) is 0 Å². The largest absolute Gasteiger partial charge is 0.480 e. The maximum atomic E-state index is 10.7.